The molecule has 1 heterocycles. The Kier molecular flexibility index (Phi) is 2.25. The third-order valence-corrected chi connectivity index (χ3v) is 2.88. The molecule has 0 aliphatic rings. The maximum Gasteiger partial charge on any atom is 0.0502 e. The van der Waals surface area contributed by atoms with E-state index in [1.807, 2.05) is 20.0 Å². The van der Waals surface area contributed by atoms with Gasteiger partial charge in [0.25, 0.3) is 0 Å². The summed E-state index contributed by atoms with van der Waals surface area (Å²) >= 11 is 6.15. The number of rotatable bonds is 1. The second-order valence-corrected chi connectivity index (χ2v) is 3.99. The van der Waals surface area contributed by atoms with Crippen LogP contribution in [0.25, 0.3) is 10.9 Å². The first-order chi connectivity index (χ1) is 6.63. The number of fused-ring (bicyclic) bond motifs is 1. The number of aromatic nitrogens is 1. The van der Waals surface area contributed by atoms with Crippen LogP contribution in [-0.2, 0) is 13.6 Å². The third kappa shape index (κ3) is 1.31. The summed E-state index contributed by atoms with van der Waals surface area (Å²) in [7, 11) is 2.01. The number of hydrogen-bond acceptors (Lipinski definition) is 1. The molecule has 1 aromatic carbocycles. The molecule has 2 N–H and O–H groups in total. The summed E-state index contributed by atoms with van der Waals surface area (Å²) in [5, 5.41) is 1.88. The summed E-state index contributed by atoms with van der Waals surface area (Å²) in [5.41, 5.74) is 9.06. The van der Waals surface area contributed by atoms with Crippen molar-refractivity contribution in [1.82, 2.24) is 4.57 Å². The summed E-state index contributed by atoms with van der Waals surface area (Å²) in [6.45, 7) is 2.58. The van der Waals surface area contributed by atoms with E-state index in [9.17, 15) is 0 Å². The van der Waals surface area contributed by atoms with Crippen LogP contribution >= 0.6 is 11.6 Å². The summed E-state index contributed by atoms with van der Waals surface area (Å²) in [5.74, 6) is 0. The second kappa shape index (κ2) is 3.30. The Morgan fingerprint density at radius 3 is 2.71 bits per heavy atom. The van der Waals surface area contributed by atoms with Crippen LogP contribution in [0.5, 0.6) is 0 Å². The highest BCUT2D eigenvalue weighted by molar-refractivity contribution is 6.35. The number of halogens is 1. The van der Waals surface area contributed by atoms with Gasteiger partial charge in [0.1, 0.15) is 0 Å². The molecule has 14 heavy (non-hydrogen) atoms. The van der Waals surface area contributed by atoms with Gasteiger partial charge in [0, 0.05) is 30.2 Å². The molecule has 0 unspecified atom stereocenters. The fraction of sp³-hybridized carbons (Fsp3) is 0.273. The van der Waals surface area contributed by atoms with Crippen molar-refractivity contribution in [3.63, 3.8) is 0 Å². The molecule has 2 nitrogen and oxygen atoms in total. The Morgan fingerprint density at radius 1 is 1.36 bits per heavy atom. The zero-order valence-corrected chi connectivity index (χ0v) is 9.10. The lowest BCUT2D eigenvalue weighted by atomic mass is 10.2. The second-order valence-electron chi connectivity index (χ2n) is 3.58. The standard InChI is InChI=1S/C11H13ClN2/c1-7-3-10(12)9-5-8(6-13)14(2)11(9)4-7/h3-5H,6,13H2,1-2H3. The van der Waals surface area contributed by atoms with Gasteiger partial charge in [0.2, 0.25) is 0 Å². The highest BCUT2D eigenvalue weighted by atomic mass is 35.5. The Bertz CT molecular complexity index is 485. The van der Waals surface area contributed by atoms with Gasteiger partial charge in [-0.2, -0.15) is 0 Å². The smallest absolute Gasteiger partial charge is 0.0502 e. The average Bonchev–Trinajstić information content (AvgIpc) is 2.44. The minimum atomic E-state index is 0.542. The summed E-state index contributed by atoms with van der Waals surface area (Å²) in [6, 6.07) is 6.15. The fourth-order valence-electron chi connectivity index (χ4n) is 1.77. The van der Waals surface area contributed by atoms with Crippen LogP contribution in [0, 0.1) is 6.92 Å². The van der Waals surface area contributed by atoms with Gasteiger partial charge in [0.15, 0.2) is 0 Å². The molecule has 1 aromatic heterocycles. The van der Waals surface area contributed by atoms with E-state index in [2.05, 4.69) is 16.7 Å². The molecule has 3 heteroatoms. The lowest BCUT2D eigenvalue weighted by Crippen LogP contribution is -2.02. The predicted molar refractivity (Wildman–Crippen MR) is 60.6 cm³/mol. The van der Waals surface area contributed by atoms with Crippen LogP contribution in [0.3, 0.4) is 0 Å². The van der Waals surface area contributed by atoms with Crippen LogP contribution < -0.4 is 5.73 Å². The molecule has 0 bridgehead atoms. The van der Waals surface area contributed by atoms with Crippen LogP contribution in [0.15, 0.2) is 18.2 Å². The maximum atomic E-state index is 6.15. The number of hydrogen-bond donors (Lipinski definition) is 1. The van der Waals surface area contributed by atoms with Crippen LogP contribution in [0.4, 0.5) is 0 Å². The molecule has 0 saturated heterocycles. The van der Waals surface area contributed by atoms with Gasteiger partial charge in [-0.1, -0.05) is 11.6 Å². The molecule has 0 amide bonds. The zero-order chi connectivity index (χ0) is 10.3. The molecular formula is C11H13ClN2. The van der Waals surface area contributed by atoms with Crippen LogP contribution in [0.2, 0.25) is 5.02 Å². The number of nitrogens with two attached hydrogens (primary N) is 1. The van der Waals surface area contributed by atoms with Gasteiger partial charge in [-0.05, 0) is 30.7 Å². The SMILES string of the molecule is Cc1cc(Cl)c2cc(CN)n(C)c2c1. The van der Waals surface area contributed by atoms with Crippen molar-refractivity contribution >= 4 is 22.5 Å². The third-order valence-electron chi connectivity index (χ3n) is 2.56. The number of aryl methyl sites for hydroxylation is 2. The Labute approximate surface area is 88.3 Å². The van der Waals surface area contributed by atoms with Gasteiger partial charge in [0.05, 0.1) is 5.02 Å². The highest BCUT2D eigenvalue weighted by Gasteiger charge is 2.07. The van der Waals surface area contributed by atoms with E-state index in [4.69, 9.17) is 17.3 Å². The van der Waals surface area contributed by atoms with Gasteiger partial charge in [-0.15, -0.1) is 0 Å². The molecule has 0 saturated carbocycles. The van der Waals surface area contributed by atoms with Crippen molar-refractivity contribution in [3.8, 4) is 0 Å². The quantitative estimate of drug-likeness (QED) is 0.768. The summed E-state index contributed by atoms with van der Waals surface area (Å²) < 4.78 is 2.09. The summed E-state index contributed by atoms with van der Waals surface area (Å²) in [4.78, 5) is 0. The summed E-state index contributed by atoms with van der Waals surface area (Å²) in [6.07, 6.45) is 0. The molecule has 0 fully saturated rings. The van der Waals surface area contributed by atoms with Gasteiger partial charge in [-0.3, -0.25) is 0 Å². The first-order valence-corrected chi connectivity index (χ1v) is 4.96. The van der Waals surface area contributed by atoms with Crippen molar-refractivity contribution in [2.24, 2.45) is 12.8 Å². The molecule has 74 valence electrons. The lowest BCUT2D eigenvalue weighted by Gasteiger charge is -2.02. The van der Waals surface area contributed by atoms with Crippen molar-refractivity contribution in [3.05, 3.63) is 34.5 Å². The van der Waals surface area contributed by atoms with Crippen LogP contribution in [-0.4, -0.2) is 4.57 Å². The molecule has 0 spiro atoms. The topological polar surface area (TPSA) is 30.9 Å². The van der Waals surface area contributed by atoms with Crippen molar-refractivity contribution in [2.75, 3.05) is 0 Å². The number of nitrogens with zero attached hydrogens (tertiary/aromatic N) is 1. The lowest BCUT2D eigenvalue weighted by molar-refractivity contribution is 0.849. The molecule has 2 rings (SSSR count). The molecule has 0 aliphatic heterocycles. The van der Waals surface area contributed by atoms with Crippen molar-refractivity contribution in [1.29, 1.82) is 0 Å². The largest absolute Gasteiger partial charge is 0.346 e. The van der Waals surface area contributed by atoms with Crippen molar-refractivity contribution < 1.29 is 0 Å². The normalized spacial score (nSPS) is 11.1. The van der Waals surface area contributed by atoms with E-state index in [1.165, 1.54) is 5.56 Å². The van der Waals surface area contributed by atoms with E-state index in [0.717, 1.165) is 21.6 Å². The van der Waals surface area contributed by atoms with Crippen LogP contribution in [0.1, 0.15) is 11.3 Å². The Hall–Kier alpha value is -0.990. The molecule has 0 radical (unpaired) electrons. The monoisotopic (exact) mass is 208 g/mol. The van der Waals surface area contributed by atoms with E-state index in [0.29, 0.717) is 6.54 Å². The van der Waals surface area contributed by atoms with E-state index >= 15 is 0 Å². The molecular weight excluding hydrogens is 196 g/mol. The first kappa shape index (κ1) is 9.56. The minimum absolute atomic E-state index is 0.542. The first-order valence-electron chi connectivity index (χ1n) is 4.58. The maximum absolute atomic E-state index is 6.15. The van der Waals surface area contributed by atoms with E-state index in [1.54, 1.807) is 0 Å². The van der Waals surface area contributed by atoms with E-state index in [-0.39, 0.29) is 0 Å². The van der Waals surface area contributed by atoms with Gasteiger partial charge >= 0.3 is 0 Å². The fourth-order valence-corrected chi connectivity index (χ4v) is 2.09. The van der Waals surface area contributed by atoms with Crippen molar-refractivity contribution in [2.45, 2.75) is 13.5 Å². The Balaban J connectivity index is 2.85. The Morgan fingerprint density at radius 2 is 2.07 bits per heavy atom. The molecule has 0 atom stereocenters. The molecule has 2 aromatic rings. The number of benzene rings is 1. The van der Waals surface area contributed by atoms with E-state index < -0.39 is 0 Å². The average molecular weight is 209 g/mol. The minimum Gasteiger partial charge on any atom is -0.346 e. The van der Waals surface area contributed by atoms with Gasteiger partial charge in [-0.25, -0.2) is 0 Å². The highest BCUT2D eigenvalue weighted by Crippen LogP contribution is 2.27. The van der Waals surface area contributed by atoms with Gasteiger partial charge < -0.3 is 10.3 Å². The molecule has 0 aliphatic carbocycles. The predicted octanol–water partition coefficient (Wildman–Crippen LogP) is 2.60. The zero-order valence-electron chi connectivity index (χ0n) is 8.34.